The first-order valence-electron chi connectivity index (χ1n) is 10.4. The van der Waals surface area contributed by atoms with Crippen LogP contribution in [0.3, 0.4) is 0 Å². The van der Waals surface area contributed by atoms with Crippen molar-refractivity contribution in [1.29, 1.82) is 0 Å². The molecule has 0 aliphatic carbocycles. The van der Waals surface area contributed by atoms with Gasteiger partial charge in [0.05, 0.1) is 32.5 Å². The molecule has 0 spiro atoms. The molecule has 2 aromatic heterocycles. The summed E-state index contributed by atoms with van der Waals surface area (Å²) < 4.78 is 17.7. The van der Waals surface area contributed by atoms with Gasteiger partial charge in [0.1, 0.15) is 5.82 Å². The molecular formula is C25H26N4O4. The number of anilines is 1. The second-order valence-electron chi connectivity index (χ2n) is 7.72. The van der Waals surface area contributed by atoms with Gasteiger partial charge in [-0.3, -0.25) is 4.79 Å². The van der Waals surface area contributed by atoms with Crippen LogP contribution in [0.1, 0.15) is 27.2 Å². The zero-order valence-electron chi connectivity index (χ0n) is 19.5. The molecule has 0 saturated heterocycles. The molecule has 33 heavy (non-hydrogen) atoms. The van der Waals surface area contributed by atoms with Gasteiger partial charge in [-0.05, 0) is 50.1 Å². The number of benzene rings is 2. The highest BCUT2D eigenvalue weighted by atomic mass is 16.5. The number of methoxy groups -OCH3 is 3. The number of fused-ring (bicyclic) bond motifs is 1. The Balaban J connectivity index is 1.75. The van der Waals surface area contributed by atoms with Gasteiger partial charge < -0.3 is 19.5 Å². The molecule has 0 saturated carbocycles. The molecule has 1 amide bonds. The van der Waals surface area contributed by atoms with E-state index in [1.807, 2.05) is 39.0 Å². The van der Waals surface area contributed by atoms with Crippen molar-refractivity contribution in [3.8, 4) is 23.1 Å². The van der Waals surface area contributed by atoms with E-state index in [0.29, 0.717) is 34.4 Å². The van der Waals surface area contributed by atoms with Crippen LogP contribution in [0.25, 0.3) is 16.7 Å². The van der Waals surface area contributed by atoms with Crippen LogP contribution in [0.2, 0.25) is 0 Å². The summed E-state index contributed by atoms with van der Waals surface area (Å²) in [4.78, 5) is 18.0. The van der Waals surface area contributed by atoms with Crippen LogP contribution in [-0.2, 0) is 0 Å². The average Bonchev–Trinajstić information content (AvgIpc) is 3.18. The summed E-state index contributed by atoms with van der Waals surface area (Å²) in [5.74, 6) is 2.00. The van der Waals surface area contributed by atoms with Crippen molar-refractivity contribution in [2.45, 2.75) is 20.8 Å². The van der Waals surface area contributed by atoms with E-state index in [-0.39, 0.29) is 5.91 Å². The molecule has 4 aromatic rings. The number of amides is 1. The van der Waals surface area contributed by atoms with Crippen molar-refractivity contribution < 1.29 is 19.0 Å². The van der Waals surface area contributed by atoms with Gasteiger partial charge in [-0.1, -0.05) is 18.2 Å². The maximum absolute atomic E-state index is 13.2. The van der Waals surface area contributed by atoms with Crippen LogP contribution in [0.4, 0.5) is 5.82 Å². The Morgan fingerprint density at radius 1 is 0.909 bits per heavy atom. The number of carbonyl (C=O) groups excluding carboxylic acids is 1. The Hall–Kier alpha value is -4.07. The quantitative estimate of drug-likeness (QED) is 0.465. The molecule has 4 rings (SSSR count). The normalized spacial score (nSPS) is 10.8. The Kier molecular flexibility index (Phi) is 5.91. The van der Waals surface area contributed by atoms with Crippen LogP contribution in [-0.4, -0.2) is 42.0 Å². The Labute approximate surface area is 192 Å². The molecule has 0 bridgehead atoms. The van der Waals surface area contributed by atoms with Gasteiger partial charge in [0.15, 0.2) is 17.3 Å². The van der Waals surface area contributed by atoms with Crippen LogP contribution in [0.15, 0.2) is 42.5 Å². The number of aryl methyl sites for hydroxylation is 3. The van der Waals surface area contributed by atoms with Gasteiger partial charge in [0.2, 0.25) is 5.75 Å². The molecule has 170 valence electrons. The summed E-state index contributed by atoms with van der Waals surface area (Å²) in [6.07, 6.45) is 0. The van der Waals surface area contributed by atoms with Crippen LogP contribution < -0.4 is 19.5 Å². The van der Waals surface area contributed by atoms with Gasteiger partial charge in [-0.25, -0.2) is 4.98 Å². The predicted molar refractivity (Wildman–Crippen MR) is 127 cm³/mol. The molecule has 0 fully saturated rings. The number of para-hydroxylation sites is 1. The summed E-state index contributed by atoms with van der Waals surface area (Å²) in [6.45, 7) is 5.93. The first-order chi connectivity index (χ1) is 15.9. The lowest BCUT2D eigenvalue weighted by Gasteiger charge is -2.15. The minimum absolute atomic E-state index is 0.343. The van der Waals surface area contributed by atoms with Gasteiger partial charge in [0, 0.05) is 17.0 Å². The van der Waals surface area contributed by atoms with Crippen molar-refractivity contribution in [1.82, 2.24) is 14.8 Å². The maximum atomic E-state index is 13.2. The summed E-state index contributed by atoms with van der Waals surface area (Å²) in [5, 5.41) is 8.60. The third-order valence-electron chi connectivity index (χ3n) is 5.45. The van der Waals surface area contributed by atoms with Gasteiger partial charge >= 0.3 is 0 Å². The first kappa shape index (κ1) is 22.1. The average molecular weight is 447 g/mol. The fraction of sp³-hybridized carbons (Fsp3) is 0.240. The molecule has 0 radical (unpaired) electrons. The molecule has 0 atom stereocenters. The monoisotopic (exact) mass is 446 g/mol. The van der Waals surface area contributed by atoms with E-state index < -0.39 is 0 Å². The van der Waals surface area contributed by atoms with Crippen molar-refractivity contribution in [2.75, 3.05) is 26.6 Å². The molecule has 8 heteroatoms. The highest BCUT2D eigenvalue weighted by molar-refractivity contribution is 6.05. The van der Waals surface area contributed by atoms with Crippen molar-refractivity contribution in [3.63, 3.8) is 0 Å². The number of ether oxygens (including phenoxy) is 3. The molecule has 0 aliphatic rings. The highest BCUT2D eigenvalue weighted by Gasteiger charge is 2.19. The Morgan fingerprint density at radius 2 is 1.61 bits per heavy atom. The van der Waals surface area contributed by atoms with E-state index in [1.54, 1.807) is 22.9 Å². The Morgan fingerprint density at radius 3 is 2.24 bits per heavy atom. The summed E-state index contributed by atoms with van der Waals surface area (Å²) >= 11 is 0. The molecule has 8 nitrogen and oxygen atoms in total. The molecule has 2 heterocycles. The van der Waals surface area contributed by atoms with Crippen LogP contribution in [0, 0.1) is 20.8 Å². The minimum atomic E-state index is -0.343. The highest BCUT2D eigenvalue weighted by Crippen LogP contribution is 2.38. The van der Waals surface area contributed by atoms with E-state index in [4.69, 9.17) is 19.2 Å². The second-order valence-corrected chi connectivity index (χ2v) is 7.72. The van der Waals surface area contributed by atoms with Gasteiger partial charge in [-0.15, -0.1) is 0 Å². The SMILES string of the molecule is COc1cc(C(=O)Nc2cc(C)nn2-c2cc(C)c3cccc(C)c3n2)cc(OC)c1OC. The number of nitrogens with zero attached hydrogens (tertiary/aromatic N) is 3. The second kappa shape index (κ2) is 8.82. The lowest BCUT2D eigenvalue weighted by Crippen LogP contribution is -2.16. The predicted octanol–water partition coefficient (Wildman–Crippen LogP) is 4.62. The summed E-state index contributed by atoms with van der Waals surface area (Å²) in [5.41, 5.74) is 4.16. The molecule has 2 aromatic carbocycles. The zero-order chi connectivity index (χ0) is 23.7. The molecule has 1 N–H and O–H groups in total. The summed E-state index contributed by atoms with van der Waals surface area (Å²) in [6, 6.07) is 13.1. The van der Waals surface area contributed by atoms with Crippen LogP contribution in [0.5, 0.6) is 17.2 Å². The number of pyridine rings is 1. The smallest absolute Gasteiger partial charge is 0.257 e. The Bertz CT molecular complexity index is 1340. The van der Waals surface area contributed by atoms with E-state index in [0.717, 1.165) is 27.7 Å². The first-order valence-corrected chi connectivity index (χ1v) is 10.4. The zero-order valence-corrected chi connectivity index (χ0v) is 19.5. The lowest BCUT2D eigenvalue weighted by atomic mass is 10.1. The van der Waals surface area contributed by atoms with E-state index >= 15 is 0 Å². The van der Waals surface area contributed by atoms with E-state index in [1.165, 1.54) is 21.3 Å². The maximum Gasteiger partial charge on any atom is 0.257 e. The van der Waals surface area contributed by atoms with Gasteiger partial charge in [-0.2, -0.15) is 9.78 Å². The number of rotatable bonds is 6. The van der Waals surface area contributed by atoms with Crippen LogP contribution >= 0.6 is 0 Å². The van der Waals surface area contributed by atoms with Gasteiger partial charge in [0.25, 0.3) is 5.91 Å². The fourth-order valence-corrected chi connectivity index (χ4v) is 3.82. The minimum Gasteiger partial charge on any atom is -0.493 e. The number of nitrogens with one attached hydrogen (secondary N) is 1. The number of hydrogen-bond acceptors (Lipinski definition) is 6. The van der Waals surface area contributed by atoms with E-state index in [2.05, 4.69) is 16.5 Å². The lowest BCUT2D eigenvalue weighted by molar-refractivity contribution is 0.102. The molecular weight excluding hydrogens is 420 g/mol. The summed E-state index contributed by atoms with van der Waals surface area (Å²) in [7, 11) is 4.53. The largest absolute Gasteiger partial charge is 0.493 e. The number of aromatic nitrogens is 3. The topological polar surface area (TPSA) is 87.5 Å². The standard InChI is InChI=1S/C25H26N4O4/c1-14-8-7-9-18-15(2)10-21(26-23(14)18)29-22(11-16(3)28-29)27-25(30)17-12-19(31-4)24(33-6)20(13-17)32-5/h7-13H,1-6H3,(H,27,30). The van der Waals surface area contributed by atoms with E-state index in [9.17, 15) is 4.79 Å². The fourth-order valence-electron chi connectivity index (χ4n) is 3.82. The molecule has 0 aliphatic heterocycles. The number of hydrogen-bond donors (Lipinski definition) is 1. The number of carbonyl (C=O) groups is 1. The third-order valence-corrected chi connectivity index (χ3v) is 5.45. The van der Waals surface area contributed by atoms with Crippen molar-refractivity contribution in [2.24, 2.45) is 0 Å². The third kappa shape index (κ3) is 4.07. The van der Waals surface area contributed by atoms with Crippen molar-refractivity contribution in [3.05, 3.63) is 64.8 Å². The van der Waals surface area contributed by atoms with Crippen molar-refractivity contribution >= 4 is 22.6 Å². The molecule has 0 unspecified atom stereocenters.